The summed E-state index contributed by atoms with van der Waals surface area (Å²) in [5.74, 6) is 0.798. The molecule has 0 bridgehead atoms. The van der Waals surface area contributed by atoms with E-state index in [1.54, 1.807) is 6.07 Å². The fourth-order valence-corrected chi connectivity index (χ4v) is 1.70. The molecule has 1 fully saturated rings. The summed E-state index contributed by atoms with van der Waals surface area (Å²) in [4.78, 5) is 10.4. The second-order valence-electron chi connectivity index (χ2n) is 3.36. The average Bonchev–Trinajstić information content (AvgIpc) is 2.30. The lowest BCUT2D eigenvalue weighted by Crippen LogP contribution is -2.36. The molecule has 2 rings (SSSR count). The van der Waals surface area contributed by atoms with Crippen LogP contribution >= 0.6 is 11.6 Å². The fraction of sp³-hybridized carbons (Fsp3) is 0.600. The van der Waals surface area contributed by atoms with Crippen molar-refractivity contribution in [2.24, 2.45) is 0 Å². The molecule has 0 N–H and O–H groups in total. The van der Waals surface area contributed by atoms with E-state index >= 15 is 0 Å². The van der Waals surface area contributed by atoms with E-state index in [2.05, 4.69) is 14.9 Å². The largest absolute Gasteiger partial charge is 0.464 e. The Bertz CT molecular complexity index is 356. The Morgan fingerprint density at radius 3 is 2.88 bits per heavy atom. The van der Waals surface area contributed by atoms with E-state index in [0.29, 0.717) is 31.0 Å². The number of rotatable bonds is 3. The Balaban J connectivity index is 2.18. The summed E-state index contributed by atoms with van der Waals surface area (Å²) in [5, 5.41) is 0.403. The van der Waals surface area contributed by atoms with Gasteiger partial charge in [-0.2, -0.15) is 9.97 Å². The van der Waals surface area contributed by atoms with Crippen molar-refractivity contribution >= 4 is 17.4 Å². The van der Waals surface area contributed by atoms with Gasteiger partial charge >= 0.3 is 6.01 Å². The Morgan fingerprint density at radius 2 is 2.19 bits per heavy atom. The van der Waals surface area contributed by atoms with Crippen molar-refractivity contribution < 1.29 is 9.47 Å². The van der Waals surface area contributed by atoms with E-state index in [9.17, 15) is 0 Å². The van der Waals surface area contributed by atoms with Crippen LogP contribution in [0.4, 0.5) is 5.82 Å². The van der Waals surface area contributed by atoms with Gasteiger partial charge in [-0.25, -0.2) is 0 Å². The zero-order chi connectivity index (χ0) is 11.4. The highest BCUT2D eigenvalue weighted by Gasteiger charge is 2.14. The van der Waals surface area contributed by atoms with Crippen LogP contribution in [0.1, 0.15) is 6.92 Å². The first-order chi connectivity index (χ1) is 7.79. The number of hydrogen-bond donors (Lipinski definition) is 0. The first-order valence-corrected chi connectivity index (χ1v) is 5.67. The van der Waals surface area contributed by atoms with Crippen molar-refractivity contribution in [1.29, 1.82) is 0 Å². The molecule has 0 aliphatic carbocycles. The van der Waals surface area contributed by atoms with E-state index < -0.39 is 0 Å². The number of hydrogen-bond acceptors (Lipinski definition) is 5. The maximum absolute atomic E-state index is 5.92. The van der Waals surface area contributed by atoms with Gasteiger partial charge in [-0.3, -0.25) is 0 Å². The van der Waals surface area contributed by atoms with Crippen LogP contribution in [0.25, 0.3) is 0 Å². The van der Waals surface area contributed by atoms with Crippen molar-refractivity contribution in [1.82, 2.24) is 9.97 Å². The highest BCUT2D eigenvalue weighted by atomic mass is 35.5. The smallest absolute Gasteiger partial charge is 0.319 e. The lowest BCUT2D eigenvalue weighted by molar-refractivity contribution is 0.122. The summed E-state index contributed by atoms with van der Waals surface area (Å²) in [6.45, 7) is 5.48. The third kappa shape index (κ3) is 2.74. The number of aromatic nitrogens is 2. The van der Waals surface area contributed by atoms with Gasteiger partial charge in [0.25, 0.3) is 0 Å². The quantitative estimate of drug-likeness (QED) is 0.751. The molecule has 6 heteroatoms. The molecule has 1 aliphatic heterocycles. The fourth-order valence-electron chi connectivity index (χ4n) is 1.53. The van der Waals surface area contributed by atoms with Crippen LogP contribution in [0.15, 0.2) is 6.07 Å². The van der Waals surface area contributed by atoms with Crippen molar-refractivity contribution in [2.75, 3.05) is 37.8 Å². The lowest BCUT2D eigenvalue weighted by Gasteiger charge is -2.27. The van der Waals surface area contributed by atoms with Gasteiger partial charge in [0.15, 0.2) is 0 Å². The van der Waals surface area contributed by atoms with Gasteiger partial charge in [0.1, 0.15) is 11.0 Å². The molecule has 88 valence electrons. The highest BCUT2D eigenvalue weighted by Crippen LogP contribution is 2.20. The predicted octanol–water partition coefficient (Wildman–Crippen LogP) is 1.37. The van der Waals surface area contributed by atoms with Crippen LogP contribution in [0.5, 0.6) is 6.01 Å². The Hall–Kier alpha value is -1.07. The number of nitrogens with zero attached hydrogens (tertiary/aromatic N) is 3. The molecule has 2 heterocycles. The predicted molar refractivity (Wildman–Crippen MR) is 61.2 cm³/mol. The van der Waals surface area contributed by atoms with Crippen LogP contribution in [-0.4, -0.2) is 42.9 Å². The van der Waals surface area contributed by atoms with E-state index in [1.165, 1.54) is 0 Å². The second kappa shape index (κ2) is 5.32. The van der Waals surface area contributed by atoms with Gasteiger partial charge in [-0.1, -0.05) is 11.6 Å². The molecule has 0 atom stereocenters. The summed E-state index contributed by atoms with van der Waals surface area (Å²) in [6, 6.07) is 2.08. The minimum Gasteiger partial charge on any atom is -0.464 e. The summed E-state index contributed by atoms with van der Waals surface area (Å²) in [5.41, 5.74) is 0. The third-order valence-corrected chi connectivity index (χ3v) is 2.46. The molecule has 1 aromatic rings. The lowest BCUT2D eigenvalue weighted by atomic mass is 10.4. The SMILES string of the molecule is CCOc1nc(Cl)cc(N2CCOCC2)n1. The summed E-state index contributed by atoms with van der Waals surface area (Å²) in [6.07, 6.45) is 0. The summed E-state index contributed by atoms with van der Waals surface area (Å²) >= 11 is 5.92. The van der Waals surface area contributed by atoms with Crippen molar-refractivity contribution in [3.63, 3.8) is 0 Å². The molecular weight excluding hydrogens is 230 g/mol. The molecule has 5 nitrogen and oxygen atoms in total. The zero-order valence-electron chi connectivity index (χ0n) is 9.15. The molecule has 0 spiro atoms. The maximum Gasteiger partial charge on any atom is 0.319 e. The van der Waals surface area contributed by atoms with Crippen LogP contribution in [0.2, 0.25) is 5.15 Å². The topological polar surface area (TPSA) is 47.5 Å². The number of ether oxygens (including phenoxy) is 2. The second-order valence-corrected chi connectivity index (χ2v) is 3.75. The first-order valence-electron chi connectivity index (χ1n) is 5.29. The van der Waals surface area contributed by atoms with Gasteiger partial charge in [-0.05, 0) is 6.92 Å². The minimum absolute atomic E-state index is 0.330. The molecule has 16 heavy (non-hydrogen) atoms. The normalized spacial score (nSPS) is 16.2. The zero-order valence-corrected chi connectivity index (χ0v) is 9.90. The molecule has 1 aliphatic rings. The van der Waals surface area contributed by atoms with Gasteiger partial charge < -0.3 is 14.4 Å². The highest BCUT2D eigenvalue weighted by molar-refractivity contribution is 6.29. The van der Waals surface area contributed by atoms with Gasteiger partial charge in [0.05, 0.1) is 19.8 Å². The van der Waals surface area contributed by atoms with E-state index in [1.807, 2.05) is 6.92 Å². The Labute approximate surface area is 99.3 Å². The van der Waals surface area contributed by atoms with E-state index in [0.717, 1.165) is 18.9 Å². The minimum atomic E-state index is 0.330. The van der Waals surface area contributed by atoms with Crippen molar-refractivity contribution in [2.45, 2.75) is 6.92 Å². The number of anilines is 1. The van der Waals surface area contributed by atoms with Crippen LogP contribution in [-0.2, 0) is 4.74 Å². The van der Waals surface area contributed by atoms with Crippen LogP contribution in [0, 0.1) is 0 Å². The Kier molecular flexibility index (Phi) is 3.79. The monoisotopic (exact) mass is 243 g/mol. The van der Waals surface area contributed by atoms with E-state index in [4.69, 9.17) is 21.1 Å². The maximum atomic E-state index is 5.92. The molecule has 0 amide bonds. The molecule has 1 aromatic heterocycles. The van der Waals surface area contributed by atoms with Gasteiger partial charge in [0.2, 0.25) is 0 Å². The number of halogens is 1. The van der Waals surface area contributed by atoms with E-state index in [-0.39, 0.29) is 0 Å². The van der Waals surface area contributed by atoms with Crippen molar-refractivity contribution in [3.05, 3.63) is 11.2 Å². The number of morpholine rings is 1. The van der Waals surface area contributed by atoms with Gasteiger partial charge in [0, 0.05) is 19.2 Å². The molecule has 0 radical (unpaired) electrons. The summed E-state index contributed by atoms with van der Waals surface area (Å²) in [7, 11) is 0. The molecule has 0 saturated carbocycles. The Morgan fingerprint density at radius 1 is 1.44 bits per heavy atom. The molecule has 1 saturated heterocycles. The molecular formula is C10H14ClN3O2. The van der Waals surface area contributed by atoms with Crippen LogP contribution < -0.4 is 9.64 Å². The first kappa shape index (κ1) is 11.4. The van der Waals surface area contributed by atoms with Crippen LogP contribution in [0.3, 0.4) is 0 Å². The van der Waals surface area contributed by atoms with Crippen molar-refractivity contribution in [3.8, 4) is 6.01 Å². The standard InChI is InChI=1S/C10H14ClN3O2/c1-2-16-10-12-8(11)7-9(13-10)14-3-5-15-6-4-14/h7H,2-6H2,1H3. The third-order valence-electron chi connectivity index (χ3n) is 2.27. The molecule has 0 unspecified atom stereocenters. The average molecular weight is 244 g/mol. The molecule has 0 aromatic carbocycles. The van der Waals surface area contributed by atoms with Gasteiger partial charge in [-0.15, -0.1) is 0 Å². The summed E-state index contributed by atoms with van der Waals surface area (Å²) < 4.78 is 10.5.